The average Bonchev–Trinajstić information content (AvgIpc) is 3.30. The quantitative estimate of drug-likeness (QED) is 0.527. The van der Waals surface area contributed by atoms with Gasteiger partial charge in [0.05, 0.1) is 0 Å². The third kappa shape index (κ3) is 4.07. The summed E-state index contributed by atoms with van der Waals surface area (Å²) in [6.45, 7) is 12.1. The first-order valence-electron chi connectivity index (χ1n) is 14.9. The van der Waals surface area contributed by atoms with Crippen LogP contribution < -0.4 is 5.32 Å². The molecule has 5 aliphatic rings. The van der Waals surface area contributed by atoms with Crippen LogP contribution in [0, 0.1) is 40.4 Å². The third-order valence-corrected chi connectivity index (χ3v) is 12.0. The Bertz CT molecular complexity index is 913. The highest BCUT2D eigenvalue weighted by Crippen LogP contribution is 2.68. The van der Waals surface area contributed by atoms with Gasteiger partial charge in [0.15, 0.2) is 0 Å². The Morgan fingerprint density at radius 2 is 1.86 bits per heavy atom. The number of rotatable bonds is 5. The van der Waals surface area contributed by atoms with Crippen molar-refractivity contribution < 1.29 is 9.59 Å². The summed E-state index contributed by atoms with van der Waals surface area (Å²) in [7, 11) is 4.33. The Morgan fingerprint density at radius 3 is 2.56 bits per heavy atom. The Morgan fingerprint density at radius 1 is 1.14 bits per heavy atom. The van der Waals surface area contributed by atoms with Gasteiger partial charge in [0.1, 0.15) is 6.04 Å². The zero-order chi connectivity index (χ0) is 26.0. The molecule has 2 amide bonds. The van der Waals surface area contributed by atoms with E-state index >= 15 is 0 Å². The number of hydrogen-bond donors (Lipinski definition) is 1. The van der Waals surface area contributed by atoms with Crippen LogP contribution in [0.15, 0.2) is 11.6 Å². The number of carbonyl (C=O) groups is 2. The highest BCUT2D eigenvalue weighted by atomic mass is 16.2. The van der Waals surface area contributed by atoms with E-state index in [0.29, 0.717) is 23.2 Å². The van der Waals surface area contributed by atoms with E-state index < -0.39 is 6.04 Å². The Labute approximate surface area is 219 Å². The molecule has 1 N–H and O–H groups in total. The summed E-state index contributed by atoms with van der Waals surface area (Å²) in [5.41, 5.74) is 2.51. The van der Waals surface area contributed by atoms with Gasteiger partial charge in [-0.25, -0.2) is 0 Å². The number of likely N-dealkylation sites (tertiary alicyclic amines) is 1. The van der Waals surface area contributed by atoms with E-state index in [-0.39, 0.29) is 17.9 Å². The highest BCUT2D eigenvalue weighted by Gasteiger charge is 2.64. The summed E-state index contributed by atoms with van der Waals surface area (Å²) in [6.07, 6.45) is 13.5. The van der Waals surface area contributed by atoms with E-state index in [4.69, 9.17) is 0 Å². The molecule has 0 aromatic rings. The predicted octanol–water partition coefficient (Wildman–Crippen LogP) is 5.26. The van der Waals surface area contributed by atoms with Crippen LogP contribution in [0.2, 0.25) is 0 Å². The number of carbonyl (C=O) groups excluding carboxylic acids is 2. The van der Waals surface area contributed by atoms with Crippen molar-refractivity contribution in [3.63, 3.8) is 0 Å². The van der Waals surface area contributed by atoms with Crippen LogP contribution in [0.3, 0.4) is 0 Å². The molecule has 1 heterocycles. The lowest BCUT2D eigenvalue weighted by molar-refractivity contribution is -0.138. The molecule has 1 saturated heterocycles. The summed E-state index contributed by atoms with van der Waals surface area (Å²) >= 11 is 0. The summed E-state index contributed by atoms with van der Waals surface area (Å²) in [5.74, 6) is 3.79. The zero-order valence-corrected chi connectivity index (χ0v) is 24.0. The molecular weight excluding hydrogens is 446 g/mol. The molecule has 3 saturated carbocycles. The zero-order valence-electron chi connectivity index (χ0n) is 24.0. The first-order valence-corrected chi connectivity index (χ1v) is 14.9. The predicted molar refractivity (Wildman–Crippen MR) is 145 cm³/mol. The van der Waals surface area contributed by atoms with E-state index in [0.717, 1.165) is 42.6 Å². The molecule has 1 aliphatic heterocycles. The van der Waals surface area contributed by atoms with Crippen molar-refractivity contribution in [2.45, 2.75) is 111 Å². The maximum atomic E-state index is 13.5. The molecule has 4 aliphatic carbocycles. The average molecular weight is 498 g/mol. The standard InChI is InChI=1S/C31H51N3O2/c1-19(2)16-28(32-21(4)35)29(36)34(7)23-12-14-30(5)22(17-23)8-9-24-26(30)13-15-31-18-33(6)20(3)25(31)10-11-27(24)31/h8,19-20,23-28H,9-18H2,1-7H3,(H,32,35)/t20-,23-,24+,25+,26?,27-,28+,30-,31-/m0/s1. The van der Waals surface area contributed by atoms with E-state index in [2.05, 4.69) is 51.0 Å². The van der Waals surface area contributed by atoms with Crippen LogP contribution in [0.25, 0.3) is 0 Å². The van der Waals surface area contributed by atoms with E-state index in [1.54, 1.807) is 5.57 Å². The molecule has 202 valence electrons. The van der Waals surface area contributed by atoms with Crippen LogP contribution >= 0.6 is 0 Å². The van der Waals surface area contributed by atoms with Crippen LogP contribution in [0.1, 0.15) is 92.4 Å². The summed E-state index contributed by atoms with van der Waals surface area (Å²) in [6, 6.07) is 0.576. The van der Waals surface area contributed by atoms with Gasteiger partial charge in [-0.3, -0.25) is 9.59 Å². The van der Waals surface area contributed by atoms with Gasteiger partial charge in [-0.1, -0.05) is 32.4 Å². The first-order chi connectivity index (χ1) is 17.0. The normalized spacial score (nSPS) is 42.6. The SMILES string of the molecule is CC(=O)N[C@H](CC(C)C)C(=O)N(C)[C@H]1CC[C@@]2(C)C(=CC[C@@H]3C2CC[C@]24CN(C)[C@@H](C)[C@H]2CC[C@@H]34)C1. The van der Waals surface area contributed by atoms with Crippen molar-refractivity contribution in [2.75, 3.05) is 20.6 Å². The fourth-order valence-electron chi connectivity index (χ4n) is 10.1. The van der Waals surface area contributed by atoms with Crippen molar-refractivity contribution in [1.82, 2.24) is 15.1 Å². The highest BCUT2D eigenvalue weighted by molar-refractivity contribution is 5.87. The lowest BCUT2D eigenvalue weighted by atomic mass is 9.47. The van der Waals surface area contributed by atoms with E-state index in [1.807, 2.05) is 11.9 Å². The van der Waals surface area contributed by atoms with Crippen molar-refractivity contribution in [2.24, 2.45) is 40.4 Å². The van der Waals surface area contributed by atoms with Crippen LogP contribution in [-0.4, -0.2) is 60.4 Å². The second-order valence-electron chi connectivity index (χ2n) is 14.1. The molecule has 5 rings (SSSR count). The molecule has 5 heteroatoms. The number of nitrogens with one attached hydrogen (secondary N) is 1. The second-order valence-corrected chi connectivity index (χ2v) is 14.1. The number of amides is 2. The molecule has 9 atom stereocenters. The minimum atomic E-state index is -0.415. The van der Waals surface area contributed by atoms with Gasteiger partial charge in [-0.15, -0.1) is 0 Å². The minimum absolute atomic E-state index is 0.0814. The summed E-state index contributed by atoms with van der Waals surface area (Å²) in [5, 5.41) is 2.93. The molecular formula is C31H51N3O2. The van der Waals surface area contributed by atoms with Crippen molar-refractivity contribution >= 4 is 11.8 Å². The van der Waals surface area contributed by atoms with Crippen LogP contribution in [0.4, 0.5) is 0 Å². The van der Waals surface area contributed by atoms with Gasteiger partial charge in [-0.2, -0.15) is 0 Å². The Hall–Kier alpha value is -1.36. The molecule has 4 fully saturated rings. The van der Waals surface area contributed by atoms with Gasteiger partial charge in [0, 0.05) is 32.6 Å². The Kier molecular flexibility index (Phi) is 6.88. The number of hydrogen-bond acceptors (Lipinski definition) is 3. The minimum Gasteiger partial charge on any atom is -0.345 e. The maximum Gasteiger partial charge on any atom is 0.245 e. The molecule has 0 bridgehead atoms. The van der Waals surface area contributed by atoms with Crippen molar-refractivity contribution in [1.29, 1.82) is 0 Å². The fraction of sp³-hybridized carbons (Fsp3) is 0.871. The first kappa shape index (κ1) is 26.3. The smallest absolute Gasteiger partial charge is 0.245 e. The number of fused-ring (bicyclic) bond motifs is 4. The molecule has 1 unspecified atom stereocenters. The lowest BCUT2D eigenvalue weighted by Crippen LogP contribution is -2.54. The molecule has 36 heavy (non-hydrogen) atoms. The van der Waals surface area contributed by atoms with E-state index in [9.17, 15) is 9.59 Å². The van der Waals surface area contributed by atoms with Gasteiger partial charge in [0.2, 0.25) is 11.8 Å². The summed E-state index contributed by atoms with van der Waals surface area (Å²) < 4.78 is 0. The topological polar surface area (TPSA) is 52.7 Å². The second kappa shape index (κ2) is 9.43. The van der Waals surface area contributed by atoms with Crippen LogP contribution in [-0.2, 0) is 9.59 Å². The molecule has 0 aromatic carbocycles. The maximum absolute atomic E-state index is 13.5. The van der Waals surface area contributed by atoms with Gasteiger partial charge >= 0.3 is 0 Å². The fourth-order valence-corrected chi connectivity index (χ4v) is 10.1. The third-order valence-electron chi connectivity index (χ3n) is 12.0. The van der Waals surface area contributed by atoms with Gasteiger partial charge < -0.3 is 15.1 Å². The van der Waals surface area contributed by atoms with Crippen molar-refractivity contribution in [3.05, 3.63) is 11.6 Å². The molecule has 0 aromatic heterocycles. The lowest BCUT2D eigenvalue weighted by Gasteiger charge is -2.58. The van der Waals surface area contributed by atoms with E-state index in [1.165, 1.54) is 52.0 Å². The largest absolute Gasteiger partial charge is 0.345 e. The van der Waals surface area contributed by atoms with Crippen molar-refractivity contribution in [3.8, 4) is 0 Å². The molecule has 0 radical (unpaired) electrons. The Balaban J connectivity index is 1.31. The number of likely N-dealkylation sites (N-methyl/N-ethyl adjacent to an activating group) is 1. The molecule has 1 spiro atoms. The van der Waals surface area contributed by atoms with Gasteiger partial charge in [-0.05, 0) is 112 Å². The van der Waals surface area contributed by atoms with Gasteiger partial charge in [0.25, 0.3) is 0 Å². The summed E-state index contributed by atoms with van der Waals surface area (Å²) in [4.78, 5) is 29.9. The number of allylic oxidation sites excluding steroid dienone is 1. The molecule has 5 nitrogen and oxygen atoms in total. The number of nitrogens with zero attached hydrogens (tertiary/aromatic N) is 2. The monoisotopic (exact) mass is 497 g/mol. The van der Waals surface area contributed by atoms with Crippen LogP contribution in [0.5, 0.6) is 0 Å².